The standard InChI is InChI=1S/C15H19NO3.CH4/c1-10-13(5-3-4-12(18)9-19-2)14-8-11(17)6-7-15(14)16-10;/h6-8,16-17H,3-5,9H2,1-2H3;1H4. The third kappa shape index (κ3) is 3.61. The molecular formula is C16H23NO3. The molecule has 0 spiro atoms. The minimum Gasteiger partial charge on any atom is -0.508 e. The van der Waals surface area contributed by atoms with Gasteiger partial charge in [0.1, 0.15) is 12.4 Å². The number of methoxy groups -OCH3 is 1. The van der Waals surface area contributed by atoms with Crippen molar-refractivity contribution in [3.05, 3.63) is 29.5 Å². The monoisotopic (exact) mass is 277 g/mol. The van der Waals surface area contributed by atoms with Gasteiger partial charge in [0.2, 0.25) is 0 Å². The van der Waals surface area contributed by atoms with Crippen molar-refractivity contribution in [2.75, 3.05) is 13.7 Å². The smallest absolute Gasteiger partial charge is 0.158 e. The lowest BCUT2D eigenvalue weighted by Gasteiger charge is -2.02. The summed E-state index contributed by atoms with van der Waals surface area (Å²) in [5, 5.41) is 10.6. The number of ketones is 1. The summed E-state index contributed by atoms with van der Waals surface area (Å²) in [7, 11) is 1.53. The van der Waals surface area contributed by atoms with Gasteiger partial charge in [-0.2, -0.15) is 0 Å². The number of phenols is 1. The van der Waals surface area contributed by atoms with Crippen LogP contribution >= 0.6 is 0 Å². The number of aromatic hydroxyl groups is 1. The third-order valence-corrected chi connectivity index (χ3v) is 3.29. The summed E-state index contributed by atoms with van der Waals surface area (Å²) in [5.41, 5.74) is 3.30. The zero-order valence-electron chi connectivity index (χ0n) is 11.3. The minimum absolute atomic E-state index is 0. The molecule has 0 amide bonds. The largest absolute Gasteiger partial charge is 0.508 e. The second kappa shape index (κ2) is 7.10. The molecule has 110 valence electrons. The molecule has 0 aliphatic rings. The number of H-pyrrole nitrogens is 1. The van der Waals surface area contributed by atoms with E-state index in [2.05, 4.69) is 4.98 Å². The number of carbonyl (C=O) groups excluding carboxylic acids is 1. The number of carbonyl (C=O) groups is 1. The summed E-state index contributed by atoms with van der Waals surface area (Å²) in [6, 6.07) is 5.31. The van der Waals surface area contributed by atoms with E-state index in [1.54, 1.807) is 12.1 Å². The van der Waals surface area contributed by atoms with E-state index >= 15 is 0 Å². The van der Waals surface area contributed by atoms with Crippen molar-refractivity contribution in [1.29, 1.82) is 0 Å². The molecule has 0 fully saturated rings. The minimum atomic E-state index is 0. The molecule has 1 aromatic carbocycles. The fourth-order valence-electron chi connectivity index (χ4n) is 2.39. The van der Waals surface area contributed by atoms with Crippen LogP contribution in [0.3, 0.4) is 0 Å². The highest BCUT2D eigenvalue weighted by molar-refractivity contribution is 5.86. The predicted octanol–water partition coefficient (Wildman–Crippen LogP) is 3.36. The number of hydrogen-bond donors (Lipinski definition) is 2. The number of aromatic amines is 1. The van der Waals surface area contributed by atoms with Crippen LogP contribution in [0.25, 0.3) is 10.9 Å². The number of ether oxygens (including phenoxy) is 1. The van der Waals surface area contributed by atoms with E-state index in [1.165, 1.54) is 12.7 Å². The maximum atomic E-state index is 11.4. The maximum Gasteiger partial charge on any atom is 0.158 e. The summed E-state index contributed by atoms with van der Waals surface area (Å²) >= 11 is 0. The Morgan fingerprint density at radius 3 is 2.85 bits per heavy atom. The highest BCUT2D eigenvalue weighted by Crippen LogP contribution is 2.27. The molecule has 0 saturated carbocycles. The van der Waals surface area contributed by atoms with Crippen LogP contribution in [0.15, 0.2) is 18.2 Å². The van der Waals surface area contributed by atoms with Crippen LogP contribution in [0, 0.1) is 6.92 Å². The van der Waals surface area contributed by atoms with E-state index < -0.39 is 0 Å². The van der Waals surface area contributed by atoms with Gasteiger partial charge in [-0.15, -0.1) is 0 Å². The SMILES string of the molecule is C.COCC(=O)CCCc1c(C)[nH]c2ccc(O)cc12. The summed E-state index contributed by atoms with van der Waals surface area (Å²) in [6.07, 6.45) is 2.15. The zero-order valence-corrected chi connectivity index (χ0v) is 11.3. The fraction of sp³-hybridized carbons (Fsp3) is 0.438. The van der Waals surface area contributed by atoms with Crippen molar-refractivity contribution in [2.45, 2.75) is 33.6 Å². The van der Waals surface area contributed by atoms with Crippen LogP contribution in [-0.4, -0.2) is 29.6 Å². The van der Waals surface area contributed by atoms with Crippen LogP contribution in [0.4, 0.5) is 0 Å². The van der Waals surface area contributed by atoms with Gasteiger partial charge in [-0.1, -0.05) is 7.43 Å². The van der Waals surface area contributed by atoms with Crippen molar-refractivity contribution in [2.24, 2.45) is 0 Å². The van der Waals surface area contributed by atoms with E-state index in [9.17, 15) is 9.90 Å². The Morgan fingerprint density at radius 1 is 1.40 bits per heavy atom. The molecule has 2 N–H and O–H groups in total. The van der Waals surface area contributed by atoms with Crippen LogP contribution < -0.4 is 0 Å². The van der Waals surface area contributed by atoms with Gasteiger partial charge >= 0.3 is 0 Å². The van der Waals surface area contributed by atoms with Crippen LogP contribution in [0.5, 0.6) is 5.75 Å². The van der Waals surface area contributed by atoms with E-state index in [-0.39, 0.29) is 25.6 Å². The van der Waals surface area contributed by atoms with Crippen LogP contribution in [0.2, 0.25) is 0 Å². The Balaban J connectivity index is 0.00000200. The average molecular weight is 277 g/mol. The summed E-state index contributed by atoms with van der Waals surface area (Å²) in [4.78, 5) is 14.7. The number of rotatable bonds is 6. The molecule has 1 heterocycles. The number of fused-ring (bicyclic) bond motifs is 1. The zero-order chi connectivity index (χ0) is 13.8. The second-order valence-electron chi connectivity index (χ2n) is 4.78. The van der Waals surface area contributed by atoms with E-state index in [0.29, 0.717) is 6.42 Å². The Kier molecular flexibility index (Phi) is 5.77. The van der Waals surface area contributed by atoms with Gasteiger partial charge in [0, 0.05) is 30.1 Å². The summed E-state index contributed by atoms with van der Waals surface area (Å²) < 4.78 is 4.81. The van der Waals surface area contributed by atoms with Gasteiger partial charge in [0.05, 0.1) is 0 Å². The molecule has 0 atom stereocenters. The van der Waals surface area contributed by atoms with Crippen LogP contribution in [0.1, 0.15) is 31.5 Å². The lowest BCUT2D eigenvalue weighted by atomic mass is 10.0. The van der Waals surface area contributed by atoms with Crippen molar-refractivity contribution < 1.29 is 14.6 Å². The Labute approximate surface area is 119 Å². The van der Waals surface area contributed by atoms with Crippen LogP contribution in [-0.2, 0) is 16.0 Å². The summed E-state index contributed by atoms with van der Waals surface area (Å²) in [5.74, 6) is 0.394. The predicted molar refractivity (Wildman–Crippen MR) is 81.3 cm³/mol. The van der Waals surface area contributed by atoms with Crippen molar-refractivity contribution in [3.63, 3.8) is 0 Å². The molecule has 2 aromatic rings. The highest BCUT2D eigenvalue weighted by Gasteiger charge is 2.10. The van der Waals surface area contributed by atoms with Gasteiger partial charge in [-0.05, 0) is 43.5 Å². The lowest BCUT2D eigenvalue weighted by Crippen LogP contribution is -2.06. The Hall–Kier alpha value is -1.81. The van der Waals surface area contributed by atoms with Crippen molar-refractivity contribution in [1.82, 2.24) is 4.98 Å². The topological polar surface area (TPSA) is 62.3 Å². The Morgan fingerprint density at radius 2 is 2.15 bits per heavy atom. The van der Waals surface area contributed by atoms with E-state index in [1.807, 2.05) is 13.0 Å². The number of aromatic nitrogens is 1. The number of Topliss-reactive ketones (excluding diaryl/α,β-unsaturated/α-hetero) is 1. The molecule has 2 rings (SSSR count). The van der Waals surface area contributed by atoms with Gasteiger partial charge in [-0.25, -0.2) is 0 Å². The van der Waals surface area contributed by atoms with Gasteiger partial charge in [-0.3, -0.25) is 4.79 Å². The average Bonchev–Trinajstić information content (AvgIpc) is 2.66. The first-order valence-electron chi connectivity index (χ1n) is 6.42. The van der Waals surface area contributed by atoms with Gasteiger partial charge < -0.3 is 14.8 Å². The molecule has 0 aliphatic carbocycles. The first-order chi connectivity index (χ1) is 9.11. The van der Waals surface area contributed by atoms with E-state index in [4.69, 9.17) is 4.74 Å². The first kappa shape index (κ1) is 16.2. The lowest BCUT2D eigenvalue weighted by molar-refractivity contribution is -0.122. The molecule has 0 bridgehead atoms. The molecule has 4 heteroatoms. The Bertz CT molecular complexity index is 587. The highest BCUT2D eigenvalue weighted by atomic mass is 16.5. The number of aryl methyl sites for hydroxylation is 2. The normalized spacial score (nSPS) is 10.5. The number of hydrogen-bond acceptors (Lipinski definition) is 3. The molecule has 0 saturated heterocycles. The number of benzene rings is 1. The quantitative estimate of drug-likeness (QED) is 0.851. The van der Waals surface area contributed by atoms with Gasteiger partial charge in [0.15, 0.2) is 5.78 Å². The maximum absolute atomic E-state index is 11.4. The third-order valence-electron chi connectivity index (χ3n) is 3.29. The van der Waals surface area contributed by atoms with Crippen molar-refractivity contribution in [3.8, 4) is 5.75 Å². The van der Waals surface area contributed by atoms with E-state index in [0.717, 1.165) is 29.4 Å². The molecule has 20 heavy (non-hydrogen) atoms. The van der Waals surface area contributed by atoms with Gasteiger partial charge in [0.25, 0.3) is 0 Å². The fourth-order valence-corrected chi connectivity index (χ4v) is 2.39. The number of phenolic OH excluding ortho intramolecular Hbond substituents is 1. The molecule has 0 radical (unpaired) electrons. The molecule has 4 nitrogen and oxygen atoms in total. The molecule has 0 unspecified atom stereocenters. The molecular weight excluding hydrogens is 254 g/mol. The number of nitrogens with one attached hydrogen (secondary N) is 1. The molecule has 1 aromatic heterocycles. The van der Waals surface area contributed by atoms with Crippen molar-refractivity contribution >= 4 is 16.7 Å². The molecule has 0 aliphatic heterocycles. The first-order valence-corrected chi connectivity index (χ1v) is 6.42. The second-order valence-corrected chi connectivity index (χ2v) is 4.78. The summed E-state index contributed by atoms with van der Waals surface area (Å²) in [6.45, 7) is 2.21.